The number of aryl methyl sites for hydroxylation is 1. The maximum absolute atomic E-state index is 13.2. The van der Waals surface area contributed by atoms with E-state index in [1.54, 1.807) is 41.9 Å². The third kappa shape index (κ3) is 4.41. The van der Waals surface area contributed by atoms with Crippen LogP contribution in [0.25, 0.3) is 5.76 Å². The maximum atomic E-state index is 13.2. The number of rotatable bonds is 8. The van der Waals surface area contributed by atoms with Crippen LogP contribution in [-0.4, -0.2) is 35.0 Å². The van der Waals surface area contributed by atoms with E-state index in [4.69, 9.17) is 9.47 Å². The van der Waals surface area contributed by atoms with Crippen LogP contribution in [0, 0.1) is 6.92 Å². The van der Waals surface area contributed by atoms with Gasteiger partial charge in [-0.05, 0) is 38.0 Å². The summed E-state index contributed by atoms with van der Waals surface area (Å²) in [6.07, 6.45) is 2.41. The molecule has 3 aromatic rings. The summed E-state index contributed by atoms with van der Waals surface area (Å²) in [5.41, 5.74) is 2.09. The Morgan fingerprint density at radius 2 is 1.85 bits per heavy atom. The second-order valence-electron chi connectivity index (χ2n) is 7.84. The molecule has 1 aliphatic rings. The van der Waals surface area contributed by atoms with E-state index in [0.717, 1.165) is 12.0 Å². The van der Waals surface area contributed by atoms with E-state index in [0.29, 0.717) is 41.0 Å². The number of ether oxygens (including phenoxy) is 2. The van der Waals surface area contributed by atoms with Crippen LogP contribution in [0.4, 0.5) is 5.13 Å². The minimum Gasteiger partial charge on any atom is -0.507 e. The van der Waals surface area contributed by atoms with Crippen molar-refractivity contribution in [1.29, 1.82) is 0 Å². The number of thiazole rings is 1. The number of ketones is 1. The molecular formula is C26H26N2O5S. The number of carbonyl (C=O) groups excluding carboxylic acids is 2. The van der Waals surface area contributed by atoms with Gasteiger partial charge in [-0.3, -0.25) is 14.5 Å². The molecule has 0 bridgehead atoms. The maximum Gasteiger partial charge on any atom is 0.301 e. The van der Waals surface area contributed by atoms with Gasteiger partial charge < -0.3 is 14.6 Å². The molecule has 1 unspecified atom stereocenters. The lowest BCUT2D eigenvalue weighted by Gasteiger charge is -2.24. The molecule has 8 heteroatoms. The smallest absolute Gasteiger partial charge is 0.301 e. The summed E-state index contributed by atoms with van der Waals surface area (Å²) >= 11 is 1.25. The first-order valence-corrected chi connectivity index (χ1v) is 12.0. The monoisotopic (exact) mass is 478 g/mol. The van der Waals surface area contributed by atoms with Crippen LogP contribution in [-0.2, 0) is 9.59 Å². The van der Waals surface area contributed by atoms with Gasteiger partial charge in [0, 0.05) is 17.1 Å². The van der Waals surface area contributed by atoms with Crippen molar-refractivity contribution in [1.82, 2.24) is 4.98 Å². The normalized spacial score (nSPS) is 17.3. The Labute approximate surface area is 202 Å². The molecule has 4 rings (SSSR count). The fourth-order valence-corrected chi connectivity index (χ4v) is 4.51. The Morgan fingerprint density at radius 3 is 2.50 bits per heavy atom. The highest BCUT2D eigenvalue weighted by Crippen LogP contribution is 2.44. The van der Waals surface area contributed by atoms with Crippen molar-refractivity contribution in [3.8, 4) is 11.5 Å². The average Bonchev–Trinajstić information content (AvgIpc) is 3.45. The van der Waals surface area contributed by atoms with E-state index in [1.807, 2.05) is 32.9 Å². The molecule has 1 saturated heterocycles. The Morgan fingerprint density at radius 1 is 1.09 bits per heavy atom. The summed E-state index contributed by atoms with van der Waals surface area (Å²) in [7, 11) is 0. The molecule has 1 atom stereocenters. The average molecular weight is 479 g/mol. The van der Waals surface area contributed by atoms with E-state index >= 15 is 0 Å². The second-order valence-corrected chi connectivity index (χ2v) is 8.71. The topological polar surface area (TPSA) is 89.0 Å². The van der Waals surface area contributed by atoms with Gasteiger partial charge in [-0.1, -0.05) is 42.8 Å². The van der Waals surface area contributed by atoms with E-state index in [2.05, 4.69) is 4.98 Å². The minimum atomic E-state index is -0.869. The van der Waals surface area contributed by atoms with Crippen LogP contribution in [0.5, 0.6) is 11.5 Å². The third-order valence-corrected chi connectivity index (χ3v) is 6.21. The quantitative estimate of drug-likeness (QED) is 0.270. The third-order valence-electron chi connectivity index (χ3n) is 5.44. The number of nitrogens with zero attached hydrogens (tertiary/aromatic N) is 2. The lowest BCUT2D eigenvalue weighted by molar-refractivity contribution is -0.132. The first kappa shape index (κ1) is 23.5. The van der Waals surface area contributed by atoms with Gasteiger partial charge in [0.15, 0.2) is 16.6 Å². The number of carbonyl (C=O) groups is 2. The molecule has 0 radical (unpaired) electrons. The van der Waals surface area contributed by atoms with Crippen LogP contribution in [0.15, 0.2) is 59.6 Å². The van der Waals surface area contributed by atoms with Crippen LogP contribution in [0.3, 0.4) is 0 Å². The van der Waals surface area contributed by atoms with E-state index < -0.39 is 17.7 Å². The van der Waals surface area contributed by atoms with Crippen LogP contribution in [0.2, 0.25) is 0 Å². The van der Waals surface area contributed by atoms with Crippen molar-refractivity contribution in [2.24, 2.45) is 0 Å². The summed E-state index contributed by atoms with van der Waals surface area (Å²) in [5.74, 6) is -0.641. The molecule has 2 aromatic carbocycles. The van der Waals surface area contributed by atoms with Gasteiger partial charge >= 0.3 is 5.91 Å². The van der Waals surface area contributed by atoms with Crippen LogP contribution >= 0.6 is 11.3 Å². The predicted molar refractivity (Wildman–Crippen MR) is 131 cm³/mol. The molecule has 0 spiro atoms. The summed E-state index contributed by atoms with van der Waals surface area (Å²) in [6, 6.07) is 11.6. The number of anilines is 1. The van der Waals surface area contributed by atoms with Crippen LogP contribution in [0.1, 0.15) is 43.0 Å². The van der Waals surface area contributed by atoms with Gasteiger partial charge in [0.1, 0.15) is 5.76 Å². The van der Waals surface area contributed by atoms with Crippen molar-refractivity contribution in [2.45, 2.75) is 33.2 Å². The van der Waals surface area contributed by atoms with Crippen molar-refractivity contribution >= 4 is 33.9 Å². The molecular weight excluding hydrogens is 452 g/mol. The van der Waals surface area contributed by atoms with E-state index in [1.165, 1.54) is 16.2 Å². The van der Waals surface area contributed by atoms with Crippen LogP contribution < -0.4 is 14.4 Å². The van der Waals surface area contributed by atoms with E-state index in [-0.39, 0.29) is 11.3 Å². The molecule has 1 fully saturated rings. The predicted octanol–water partition coefficient (Wildman–Crippen LogP) is 5.27. The number of amides is 1. The molecule has 1 aliphatic heterocycles. The Kier molecular flexibility index (Phi) is 6.98. The van der Waals surface area contributed by atoms with Gasteiger partial charge in [-0.25, -0.2) is 4.98 Å². The Bertz CT molecular complexity index is 1220. The van der Waals surface area contributed by atoms with Crippen molar-refractivity contribution < 1.29 is 24.2 Å². The first-order chi connectivity index (χ1) is 16.5. The lowest BCUT2D eigenvalue weighted by atomic mass is 9.95. The standard InChI is InChI=1S/C26H26N2O5S/c1-4-13-33-19-11-10-18(15-20(19)32-5-2)22-21(23(29)17-8-6-16(3)7-9-17)24(30)25(31)28(22)26-27-12-14-34-26/h6-12,14-15,22,29H,4-5,13H2,1-3H3. The van der Waals surface area contributed by atoms with E-state index in [9.17, 15) is 14.7 Å². The number of aromatic nitrogens is 1. The number of benzene rings is 2. The molecule has 0 aliphatic carbocycles. The molecule has 1 N–H and O–H groups in total. The Hall–Kier alpha value is -3.65. The number of hydrogen-bond donors (Lipinski definition) is 1. The summed E-state index contributed by atoms with van der Waals surface area (Å²) in [6.45, 7) is 6.77. The van der Waals surface area contributed by atoms with Gasteiger partial charge in [-0.2, -0.15) is 0 Å². The van der Waals surface area contributed by atoms with Gasteiger partial charge in [0.05, 0.1) is 24.8 Å². The molecule has 34 heavy (non-hydrogen) atoms. The van der Waals surface area contributed by atoms with Crippen molar-refractivity contribution in [2.75, 3.05) is 18.1 Å². The number of aliphatic hydroxyl groups is 1. The van der Waals surface area contributed by atoms with Crippen molar-refractivity contribution in [3.63, 3.8) is 0 Å². The zero-order chi connectivity index (χ0) is 24.2. The second kappa shape index (κ2) is 10.1. The molecule has 176 valence electrons. The highest BCUT2D eigenvalue weighted by atomic mass is 32.1. The highest BCUT2D eigenvalue weighted by Gasteiger charge is 2.48. The molecule has 1 aromatic heterocycles. The minimum absolute atomic E-state index is 0.00808. The molecule has 0 saturated carbocycles. The SMILES string of the molecule is CCCOc1ccc(C2C(=C(O)c3ccc(C)cc3)C(=O)C(=O)N2c2nccs2)cc1OCC. The molecule has 2 heterocycles. The summed E-state index contributed by atoms with van der Waals surface area (Å²) in [5, 5.41) is 13.3. The van der Waals surface area contributed by atoms with Crippen molar-refractivity contribution in [3.05, 3.63) is 76.3 Å². The molecule has 7 nitrogen and oxygen atoms in total. The fraction of sp³-hybridized carbons (Fsp3) is 0.269. The number of Topliss-reactive ketones (excluding diaryl/α,β-unsaturated/α-hetero) is 1. The van der Waals surface area contributed by atoms with Gasteiger partial charge in [0.2, 0.25) is 0 Å². The van der Waals surface area contributed by atoms with Gasteiger partial charge in [0.25, 0.3) is 5.78 Å². The highest BCUT2D eigenvalue weighted by molar-refractivity contribution is 7.14. The Balaban J connectivity index is 1.89. The van der Waals surface area contributed by atoms with Gasteiger partial charge in [-0.15, -0.1) is 11.3 Å². The zero-order valence-electron chi connectivity index (χ0n) is 19.3. The molecule has 1 amide bonds. The number of aliphatic hydroxyl groups excluding tert-OH is 1. The number of hydrogen-bond acceptors (Lipinski definition) is 7. The lowest BCUT2D eigenvalue weighted by Crippen LogP contribution is -2.29. The summed E-state index contributed by atoms with van der Waals surface area (Å²) < 4.78 is 11.6. The zero-order valence-corrected chi connectivity index (χ0v) is 20.1. The fourth-order valence-electron chi connectivity index (χ4n) is 3.84. The largest absolute Gasteiger partial charge is 0.507 e. The first-order valence-electron chi connectivity index (χ1n) is 11.1. The summed E-state index contributed by atoms with van der Waals surface area (Å²) in [4.78, 5) is 32.0.